The zero-order valence-electron chi connectivity index (χ0n) is 14.1. The first-order chi connectivity index (χ1) is 11.8. The number of alkyl halides is 2. The van der Waals surface area contributed by atoms with E-state index in [4.69, 9.17) is 4.74 Å². The van der Waals surface area contributed by atoms with E-state index in [2.05, 4.69) is 0 Å². The van der Waals surface area contributed by atoms with Gasteiger partial charge in [-0.15, -0.1) is 0 Å². The number of hydrogen-bond donors (Lipinski definition) is 0. The average Bonchev–Trinajstić information content (AvgIpc) is 3.38. The number of halogens is 3. The molecule has 0 aromatic heterocycles. The molecule has 1 saturated carbocycles. The summed E-state index contributed by atoms with van der Waals surface area (Å²) in [4.78, 5) is 11.6. The van der Waals surface area contributed by atoms with Crippen molar-refractivity contribution >= 4 is 5.78 Å². The minimum Gasteiger partial charge on any atom is -0.454 e. The Hall–Kier alpha value is -2.30. The smallest absolute Gasteiger partial charge is 0.254 e. The fourth-order valence-electron chi connectivity index (χ4n) is 3.04. The van der Waals surface area contributed by atoms with Crippen molar-refractivity contribution in [2.75, 3.05) is 0 Å². The molecule has 25 heavy (non-hydrogen) atoms. The van der Waals surface area contributed by atoms with Crippen LogP contribution in [0, 0.1) is 5.82 Å². The Morgan fingerprint density at radius 1 is 1.16 bits per heavy atom. The summed E-state index contributed by atoms with van der Waals surface area (Å²) in [5.74, 6) is -3.22. The Morgan fingerprint density at radius 3 is 2.28 bits per heavy atom. The van der Waals surface area contributed by atoms with Gasteiger partial charge in [0.2, 0.25) is 0 Å². The van der Waals surface area contributed by atoms with Crippen LogP contribution in [0.15, 0.2) is 42.5 Å². The molecule has 0 heterocycles. The molecule has 2 nitrogen and oxygen atoms in total. The normalized spacial score (nSPS) is 15.7. The van der Waals surface area contributed by atoms with Crippen LogP contribution in [-0.2, 0) is 5.41 Å². The van der Waals surface area contributed by atoms with Crippen LogP contribution >= 0.6 is 0 Å². The molecule has 5 heteroatoms. The molecule has 0 spiro atoms. The third kappa shape index (κ3) is 3.28. The molecular weight excluding hydrogens is 329 g/mol. The zero-order chi connectivity index (χ0) is 18.2. The quantitative estimate of drug-likeness (QED) is 0.608. The fraction of sp³-hybridized carbons (Fsp3) is 0.350. The lowest BCUT2D eigenvalue weighted by Crippen LogP contribution is -2.29. The maximum atomic E-state index is 14.1. The third-order valence-corrected chi connectivity index (χ3v) is 4.80. The van der Waals surface area contributed by atoms with E-state index in [-0.39, 0.29) is 11.5 Å². The van der Waals surface area contributed by atoms with Crippen LogP contribution in [0.5, 0.6) is 11.5 Å². The molecular formula is C20H19F3O2. The summed E-state index contributed by atoms with van der Waals surface area (Å²) in [6.07, 6.45) is 1.21. The molecule has 0 radical (unpaired) electrons. The largest absolute Gasteiger partial charge is 0.454 e. The summed E-state index contributed by atoms with van der Waals surface area (Å²) < 4.78 is 47.1. The molecule has 2 aromatic rings. The van der Waals surface area contributed by atoms with Crippen LogP contribution in [-0.4, -0.2) is 11.7 Å². The number of rotatable bonds is 6. The van der Waals surface area contributed by atoms with E-state index in [0.29, 0.717) is 36.1 Å². The number of ketones is 1. The highest BCUT2D eigenvalue weighted by atomic mass is 19.3. The van der Waals surface area contributed by atoms with Crippen LogP contribution in [0.25, 0.3) is 0 Å². The van der Waals surface area contributed by atoms with Gasteiger partial charge in [0.15, 0.2) is 17.3 Å². The molecule has 2 aromatic carbocycles. The molecule has 0 aliphatic heterocycles. The van der Waals surface area contributed by atoms with Gasteiger partial charge < -0.3 is 4.74 Å². The van der Waals surface area contributed by atoms with Gasteiger partial charge in [-0.2, -0.15) is 0 Å². The van der Waals surface area contributed by atoms with Gasteiger partial charge in [0.25, 0.3) is 5.92 Å². The monoisotopic (exact) mass is 348 g/mol. The predicted octanol–water partition coefficient (Wildman–Crippen LogP) is 5.90. The minimum atomic E-state index is -2.77. The molecule has 0 unspecified atom stereocenters. The first-order valence-corrected chi connectivity index (χ1v) is 8.26. The van der Waals surface area contributed by atoms with E-state index >= 15 is 0 Å². The highest BCUT2D eigenvalue weighted by molar-refractivity contribution is 5.95. The maximum absolute atomic E-state index is 14.1. The van der Waals surface area contributed by atoms with Crippen molar-refractivity contribution in [2.45, 2.75) is 44.4 Å². The van der Waals surface area contributed by atoms with Crippen molar-refractivity contribution in [3.05, 3.63) is 59.4 Å². The number of carbonyl (C=O) groups excluding carboxylic acids is 1. The van der Waals surface area contributed by atoms with Crippen LogP contribution < -0.4 is 4.74 Å². The first-order valence-electron chi connectivity index (χ1n) is 8.26. The lowest BCUT2D eigenvalue weighted by molar-refractivity contribution is -0.0200. The number of benzene rings is 2. The number of Topliss-reactive ketones (excluding diaryl/α,β-unsaturated/α-hetero) is 1. The molecule has 132 valence electrons. The van der Waals surface area contributed by atoms with Crippen molar-refractivity contribution in [3.8, 4) is 11.5 Å². The molecule has 1 aliphatic rings. The average molecular weight is 348 g/mol. The fourth-order valence-corrected chi connectivity index (χ4v) is 3.04. The number of ether oxygens (including phenoxy) is 1. The Morgan fingerprint density at radius 2 is 1.80 bits per heavy atom. The van der Waals surface area contributed by atoms with E-state index < -0.39 is 17.2 Å². The van der Waals surface area contributed by atoms with Crippen LogP contribution in [0.3, 0.4) is 0 Å². The van der Waals surface area contributed by atoms with E-state index in [0.717, 1.165) is 13.0 Å². The molecule has 0 atom stereocenters. The molecule has 1 fully saturated rings. The van der Waals surface area contributed by atoms with Crippen molar-refractivity contribution < 1.29 is 22.7 Å². The standard InChI is InChI=1S/C20H19F3O2/c1-3-17(24)13-4-9-18(16(21)12-13)25-15-7-5-14(6-8-15)20(10-11-20)19(2,22)23/h4-9,12H,3,10-11H2,1-2H3. The summed E-state index contributed by atoms with van der Waals surface area (Å²) in [6, 6.07) is 10.4. The van der Waals surface area contributed by atoms with Crippen molar-refractivity contribution in [1.82, 2.24) is 0 Å². The second-order valence-electron chi connectivity index (χ2n) is 6.52. The van der Waals surface area contributed by atoms with Gasteiger partial charge in [-0.25, -0.2) is 13.2 Å². The summed E-state index contributed by atoms with van der Waals surface area (Å²) >= 11 is 0. The van der Waals surface area contributed by atoms with Gasteiger partial charge in [-0.1, -0.05) is 19.1 Å². The van der Waals surface area contributed by atoms with Gasteiger partial charge >= 0.3 is 0 Å². The van der Waals surface area contributed by atoms with Crippen LogP contribution in [0.1, 0.15) is 49.0 Å². The summed E-state index contributed by atoms with van der Waals surface area (Å²) in [6.45, 7) is 2.65. The van der Waals surface area contributed by atoms with Gasteiger partial charge in [0, 0.05) is 18.9 Å². The van der Waals surface area contributed by atoms with Crippen LogP contribution in [0.2, 0.25) is 0 Å². The van der Waals surface area contributed by atoms with Crippen LogP contribution in [0.4, 0.5) is 13.2 Å². The summed E-state index contributed by atoms with van der Waals surface area (Å²) in [5.41, 5.74) is -0.223. The Balaban J connectivity index is 1.78. The summed E-state index contributed by atoms with van der Waals surface area (Å²) in [7, 11) is 0. The Kier molecular flexibility index (Phi) is 4.35. The lowest BCUT2D eigenvalue weighted by atomic mass is 9.90. The van der Waals surface area contributed by atoms with E-state index in [1.54, 1.807) is 31.2 Å². The molecule has 0 saturated heterocycles. The molecule has 3 rings (SSSR count). The van der Waals surface area contributed by atoms with E-state index in [9.17, 15) is 18.0 Å². The third-order valence-electron chi connectivity index (χ3n) is 4.80. The zero-order valence-corrected chi connectivity index (χ0v) is 14.1. The van der Waals surface area contributed by atoms with Gasteiger partial charge in [-0.3, -0.25) is 4.79 Å². The highest BCUT2D eigenvalue weighted by Crippen LogP contribution is 2.58. The highest BCUT2D eigenvalue weighted by Gasteiger charge is 2.59. The Bertz CT molecular complexity index is 788. The predicted molar refractivity (Wildman–Crippen MR) is 89.1 cm³/mol. The topological polar surface area (TPSA) is 26.3 Å². The van der Waals surface area contributed by atoms with Crippen molar-refractivity contribution in [2.24, 2.45) is 0 Å². The first kappa shape index (κ1) is 17.5. The second kappa shape index (κ2) is 6.21. The van der Waals surface area contributed by atoms with Gasteiger partial charge in [0.05, 0.1) is 5.41 Å². The van der Waals surface area contributed by atoms with E-state index in [1.807, 2.05) is 0 Å². The van der Waals surface area contributed by atoms with Gasteiger partial charge in [0.1, 0.15) is 5.75 Å². The Labute approximate surface area is 144 Å². The number of hydrogen-bond acceptors (Lipinski definition) is 2. The lowest BCUT2D eigenvalue weighted by Gasteiger charge is -2.23. The molecule has 1 aliphatic carbocycles. The van der Waals surface area contributed by atoms with Crippen molar-refractivity contribution in [3.63, 3.8) is 0 Å². The van der Waals surface area contributed by atoms with Crippen molar-refractivity contribution in [1.29, 1.82) is 0 Å². The minimum absolute atomic E-state index is 0.0117. The maximum Gasteiger partial charge on any atom is 0.254 e. The molecule has 0 amide bonds. The number of carbonyl (C=O) groups is 1. The SMILES string of the molecule is CCC(=O)c1ccc(Oc2ccc(C3(C(C)(F)F)CC3)cc2)c(F)c1. The molecule has 0 bridgehead atoms. The molecule has 0 N–H and O–H groups in total. The second-order valence-corrected chi connectivity index (χ2v) is 6.52. The summed E-state index contributed by atoms with van der Waals surface area (Å²) in [5, 5.41) is 0. The van der Waals surface area contributed by atoms with E-state index in [1.165, 1.54) is 12.1 Å². The van der Waals surface area contributed by atoms with Gasteiger partial charge in [-0.05, 0) is 48.7 Å².